The lowest BCUT2D eigenvalue weighted by Crippen LogP contribution is -2.33. The zero-order valence-corrected chi connectivity index (χ0v) is 9.52. The van der Waals surface area contributed by atoms with E-state index in [1.165, 1.54) is 0 Å². The van der Waals surface area contributed by atoms with Crippen LogP contribution in [0, 0.1) is 12.3 Å². The molecule has 0 saturated heterocycles. The van der Waals surface area contributed by atoms with Gasteiger partial charge in [-0.2, -0.15) is 0 Å². The number of amides is 1. The van der Waals surface area contributed by atoms with E-state index >= 15 is 0 Å². The molecule has 0 heterocycles. The number of aliphatic hydroxyl groups excluding tert-OH is 1. The molecule has 3 nitrogen and oxygen atoms in total. The van der Waals surface area contributed by atoms with Crippen molar-refractivity contribution in [2.75, 3.05) is 0 Å². The van der Waals surface area contributed by atoms with Crippen LogP contribution in [0.4, 0.5) is 0 Å². The van der Waals surface area contributed by atoms with Gasteiger partial charge in [0.2, 0.25) is 5.91 Å². The molecule has 3 heteroatoms. The molecule has 0 bridgehead atoms. The lowest BCUT2D eigenvalue weighted by atomic mass is 10.1. The summed E-state index contributed by atoms with van der Waals surface area (Å²) in [4.78, 5) is 11.6. The van der Waals surface area contributed by atoms with E-state index in [9.17, 15) is 9.90 Å². The van der Waals surface area contributed by atoms with Crippen molar-refractivity contribution in [1.82, 2.24) is 5.32 Å². The maximum Gasteiger partial charge on any atom is 0.221 e. The molecule has 1 amide bonds. The Labute approximate surface area is 101 Å². The van der Waals surface area contributed by atoms with E-state index < -0.39 is 6.10 Å². The van der Waals surface area contributed by atoms with Gasteiger partial charge in [0.25, 0.3) is 0 Å². The van der Waals surface area contributed by atoms with Crippen LogP contribution in [0.1, 0.15) is 30.0 Å². The fourth-order valence-electron chi connectivity index (χ4n) is 2.18. The Balaban J connectivity index is 2.07. The summed E-state index contributed by atoms with van der Waals surface area (Å²) < 4.78 is 0. The van der Waals surface area contributed by atoms with Gasteiger partial charge in [-0.25, -0.2) is 0 Å². The third-order valence-electron chi connectivity index (χ3n) is 3.02. The Morgan fingerprint density at radius 3 is 3.06 bits per heavy atom. The summed E-state index contributed by atoms with van der Waals surface area (Å²) in [5.41, 5.74) is 2.11. The summed E-state index contributed by atoms with van der Waals surface area (Å²) >= 11 is 0. The van der Waals surface area contributed by atoms with E-state index in [2.05, 4.69) is 11.2 Å². The zero-order chi connectivity index (χ0) is 12.3. The summed E-state index contributed by atoms with van der Waals surface area (Å²) in [6.45, 7) is 0. The van der Waals surface area contributed by atoms with Crippen molar-refractivity contribution >= 4 is 5.91 Å². The maximum absolute atomic E-state index is 11.6. The Hall–Kier alpha value is -1.79. The van der Waals surface area contributed by atoms with Crippen LogP contribution in [0.25, 0.3) is 0 Å². The molecule has 88 valence electrons. The van der Waals surface area contributed by atoms with E-state index in [-0.39, 0.29) is 11.9 Å². The molecule has 0 unspecified atom stereocenters. The van der Waals surface area contributed by atoms with Crippen molar-refractivity contribution in [2.24, 2.45) is 0 Å². The number of carbonyl (C=O) groups is 1. The average Bonchev–Trinajstić information content (AvgIpc) is 2.64. The Morgan fingerprint density at radius 2 is 2.29 bits per heavy atom. The molecule has 17 heavy (non-hydrogen) atoms. The summed E-state index contributed by atoms with van der Waals surface area (Å²) in [6, 6.07) is 7.48. The zero-order valence-electron chi connectivity index (χ0n) is 9.52. The van der Waals surface area contributed by atoms with Gasteiger partial charge in [0, 0.05) is 19.3 Å². The fourth-order valence-corrected chi connectivity index (χ4v) is 2.18. The lowest BCUT2D eigenvalue weighted by molar-refractivity contribution is -0.122. The van der Waals surface area contributed by atoms with Gasteiger partial charge < -0.3 is 10.4 Å². The quantitative estimate of drug-likeness (QED) is 0.764. The molecule has 1 aromatic carbocycles. The minimum atomic E-state index is -0.540. The van der Waals surface area contributed by atoms with E-state index in [1.54, 1.807) is 0 Å². The van der Waals surface area contributed by atoms with Gasteiger partial charge in [0.05, 0.1) is 12.1 Å². The molecule has 0 radical (unpaired) electrons. The third kappa shape index (κ3) is 2.48. The van der Waals surface area contributed by atoms with Crippen LogP contribution in [-0.2, 0) is 11.2 Å². The molecule has 1 aliphatic rings. The Kier molecular flexibility index (Phi) is 3.46. The molecule has 2 atom stereocenters. The van der Waals surface area contributed by atoms with Crippen molar-refractivity contribution in [3.8, 4) is 12.3 Å². The largest absolute Gasteiger partial charge is 0.390 e. The summed E-state index contributed by atoms with van der Waals surface area (Å²) in [7, 11) is 0. The third-order valence-corrected chi connectivity index (χ3v) is 3.02. The van der Waals surface area contributed by atoms with Gasteiger partial charge in [-0.05, 0) is 11.1 Å². The van der Waals surface area contributed by atoms with Crippen LogP contribution >= 0.6 is 0 Å². The molecule has 0 aliphatic heterocycles. The van der Waals surface area contributed by atoms with Crippen LogP contribution in [0.15, 0.2) is 24.3 Å². The van der Waals surface area contributed by atoms with Gasteiger partial charge in [-0.15, -0.1) is 12.3 Å². The smallest absolute Gasteiger partial charge is 0.221 e. The first kappa shape index (κ1) is 11.7. The first-order chi connectivity index (χ1) is 8.22. The van der Waals surface area contributed by atoms with Crippen LogP contribution in [-0.4, -0.2) is 17.1 Å². The van der Waals surface area contributed by atoms with E-state index in [4.69, 9.17) is 6.42 Å². The highest BCUT2D eigenvalue weighted by molar-refractivity contribution is 5.77. The molecule has 0 aromatic heterocycles. The number of hydrogen-bond acceptors (Lipinski definition) is 2. The topological polar surface area (TPSA) is 49.3 Å². The maximum atomic E-state index is 11.6. The van der Waals surface area contributed by atoms with Crippen LogP contribution in [0.5, 0.6) is 0 Å². The number of carbonyl (C=O) groups excluding carboxylic acids is 1. The number of fused-ring (bicyclic) bond motifs is 1. The molecular weight excluding hydrogens is 214 g/mol. The fraction of sp³-hybridized carbons (Fsp3) is 0.357. The molecule has 0 saturated carbocycles. The highest BCUT2D eigenvalue weighted by Crippen LogP contribution is 2.31. The number of rotatable bonds is 3. The van der Waals surface area contributed by atoms with Gasteiger partial charge >= 0.3 is 0 Å². The van der Waals surface area contributed by atoms with E-state index in [1.807, 2.05) is 24.3 Å². The molecule has 2 N–H and O–H groups in total. The second-order valence-corrected chi connectivity index (χ2v) is 4.22. The minimum absolute atomic E-state index is 0.108. The van der Waals surface area contributed by atoms with Gasteiger partial charge in [0.15, 0.2) is 0 Å². The number of aliphatic hydroxyl groups is 1. The molecule has 2 rings (SSSR count). The average molecular weight is 229 g/mol. The predicted octanol–water partition coefficient (Wildman–Crippen LogP) is 1.17. The van der Waals surface area contributed by atoms with Crippen molar-refractivity contribution < 1.29 is 9.90 Å². The number of nitrogens with one attached hydrogen (secondary N) is 1. The lowest BCUT2D eigenvalue weighted by Gasteiger charge is -2.17. The van der Waals surface area contributed by atoms with Crippen molar-refractivity contribution in [1.29, 1.82) is 0 Å². The van der Waals surface area contributed by atoms with Crippen LogP contribution in [0.3, 0.4) is 0 Å². The second kappa shape index (κ2) is 5.03. The highest BCUT2D eigenvalue weighted by Gasteiger charge is 2.31. The monoisotopic (exact) mass is 229 g/mol. The Morgan fingerprint density at radius 1 is 1.53 bits per heavy atom. The molecule has 0 fully saturated rings. The Bertz CT molecular complexity index is 462. The van der Waals surface area contributed by atoms with Crippen molar-refractivity contribution in [3.63, 3.8) is 0 Å². The number of terminal acetylenes is 1. The second-order valence-electron chi connectivity index (χ2n) is 4.22. The van der Waals surface area contributed by atoms with Crippen molar-refractivity contribution in [3.05, 3.63) is 35.4 Å². The normalized spacial score (nSPS) is 21.6. The molecule has 1 aliphatic carbocycles. The first-order valence-electron chi connectivity index (χ1n) is 5.71. The standard InChI is InChI=1S/C14H15NO2/c1-2-3-8-13(17)15-14-11-7-5-4-6-10(11)9-12(14)16/h1,4-7,12,14,16H,3,8-9H2,(H,15,17)/t12-,14+/m1/s1. The summed E-state index contributed by atoms with van der Waals surface area (Å²) in [5.74, 6) is 2.32. The first-order valence-corrected chi connectivity index (χ1v) is 5.71. The van der Waals surface area contributed by atoms with E-state index in [0.29, 0.717) is 19.3 Å². The summed E-state index contributed by atoms with van der Waals surface area (Å²) in [5, 5.41) is 12.8. The van der Waals surface area contributed by atoms with Gasteiger partial charge in [0.1, 0.15) is 0 Å². The van der Waals surface area contributed by atoms with Crippen molar-refractivity contribution in [2.45, 2.75) is 31.4 Å². The predicted molar refractivity (Wildman–Crippen MR) is 65.1 cm³/mol. The van der Waals surface area contributed by atoms with E-state index in [0.717, 1.165) is 11.1 Å². The molecular formula is C14H15NO2. The SMILES string of the molecule is C#CCCC(=O)N[C@H]1c2ccccc2C[C@H]1O. The number of hydrogen-bond donors (Lipinski definition) is 2. The molecule has 0 spiro atoms. The van der Waals surface area contributed by atoms with Crippen LogP contribution < -0.4 is 5.32 Å². The highest BCUT2D eigenvalue weighted by atomic mass is 16.3. The van der Waals surface area contributed by atoms with Gasteiger partial charge in [-0.1, -0.05) is 24.3 Å². The van der Waals surface area contributed by atoms with Gasteiger partial charge in [-0.3, -0.25) is 4.79 Å². The minimum Gasteiger partial charge on any atom is -0.390 e. The van der Waals surface area contributed by atoms with Crippen LogP contribution in [0.2, 0.25) is 0 Å². The molecule has 1 aromatic rings. The number of benzene rings is 1. The summed E-state index contributed by atoms with van der Waals surface area (Å²) in [6.07, 6.45) is 5.90.